The minimum atomic E-state index is -0.255. The summed E-state index contributed by atoms with van der Waals surface area (Å²) in [4.78, 5) is -0.162. The van der Waals surface area contributed by atoms with Crippen molar-refractivity contribution < 1.29 is 13.9 Å². The number of halogens is 3. The van der Waals surface area contributed by atoms with Gasteiger partial charge in [0, 0.05) is 11.1 Å². The quantitative estimate of drug-likeness (QED) is 0.678. The van der Waals surface area contributed by atoms with Crippen LogP contribution in [0.3, 0.4) is 0 Å². The Balaban J connectivity index is 2.50. The first-order valence-corrected chi connectivity index (χ1v) is 7.58. The van der Waals surface area contributed by atoms with Gasteiger partial charge in [0.15, 0.2) is 11.5 Å². The Morgan fingerprint density at radius 1 is 1.05 bits per heavy atom. The summed E-state index contributed by atoms with van der Waals surface area (Å²) in [6, 6.07) is 8.22. The van der Waals surface area contributed by atoms with Crippen molar-refractivity contribution in [3.63, 3.8) is 0 Å². The van der Waals surface area contributed by atoms with Crippen LogP contribution in [0.5, 0.6) is 11.5 Å². The fraction of sp³-hybridized carbons (Fsp3) is 0.250. The van der Waals surface area contributed by atoms with Gasteiger partial charge < -0.3 is 9.47 Å². The van der Waals surface area contributed by atoms with Crippen molar-refractivity contribution in [2.45, 2.75) is 11.8 Å². The molecule has 0 saturated heterocycles. The van der Waals surface area contributed by atoms with Crippen LogP contribution in [-0.2, 0) is 0 Å². The summed E-state index contributed by atoms with van der Waals surface area (Å²) in [7, 11) is 3.13. The van der Waals surface area contributed by atoms with Crippen LogP contribution in [0.2, 0.25) is 5.02 Å². The number of aryl methyl sites for hydroxylation is 1. The molecule has 2 rings (SSSR count). The van der Waals surface area contributed by atoms with Crippen molar-refractivity contribution in [2.75, 3.05) is 14.2 Å². The zero-order valence-electron chi connectivity index (χ0n) is 11.9. The maximum atomic E-state index is 13.2. The topological polar surface area (TPSA) is 18.5 Å². The van der Waals surface area contributed by atoms with Gasteiger partial charge in [-0.25, -0.2) is 4.39 Å². The van der Waals surface area contributed by atoms with Crippen molar-refractivity contribution >= 4 is 27.5 Å². The molecule has 0 bridgehead atoms. The second-order valence-corrected chi connectivity index (χ2v) is 5.92. The van der Waals surface area contributed by atoms with Crippen LogP contribution in [-0.4, -0.2) is 14.2 Å². The number of hydrogen-bond acceptors (Lipinski definition) is 2. The van der Waals surface area contributed by atoms with E-state index in [1.165, 1.54) is 12.1 Å². The van der Waals surface area contributed by atoms with Gasteiger partial charge in [-0.2, -0.15) is 0 Å². The Morgan fingerprint density at radius 2 is 1.67 bits per heavy atom. The molecule has 21 heavy (non-hydrogen) atoms. The van der Waals surface area contributed by atoms with E-state index < -0.39 is 0 Å². The van der Waals surface area contributed by atoms with Crippen LogP contribution < -0.4 is 9.47 Å². The lowest BCUT2D eigenvalue weighted by atomic mass is 10.00. The largest absolute Gasteiger partial charge is 0.493 e. The first-order valence-electron chi connectivity index (χ1n) is 6.29. The summed E-state index contributed by atoms with van der Waals surface area (Å²) >= 11 is 9.95. The molecular formula is C16H15BrClFO2. The van der Waals surface area contributed by atoms with Crippen LogP contribution in [0, 0.1) is 12.7 Å². The Morgan fingerprint density at radius 3 is 2.24 bits per heavy atom. The van der Waals surface area contributed by atoms with Crippen LogP contribution in [0.1, 0.15) is 21.5 Å². The van der Waals surface area contributed by atoms with Gasteiger partial charge in [-0.05, 0) is 41.8 Å². The number of hydrogen-bond donors (Lipinski definition) is 0. The normalized spacial score (nSPS) is 12.1. The van der Waals surface area contributed by atoms with Crippen molar-refractivity contribution in [1.82, 2.24) is 0 Å². The molecule has 2 aromatic carbocycles. The van der Waals surface area contributed by atoms with Gasteiger partial charge in [-0.1, -0.05) is 33.6 Å². The minimum Gasteiger partial charge on any atom is -0.493 e. The van der Waals surface area contributed by atoms with Gasteiger partial charge in [0.1, 0.15) is 5.82 Å². The molecule has 0 amide bonds. The number of ether oxygens (including phenoxy) is 2. The van der Waals surface area contributed by atoms with Gasteiger partial charge in [-0.3, -0.25) is 0 Å². The predicted octanol–water partition coefficient (Wildman–Crippen LogP) is 5.29. The third-order valence-electron chi connectivity index (χ3n) is 3.28. The zero-order valence-corrected chi connectivity index (χ0v) is 14.3. The van der Waals surface area contributed by atoms with Crippen molar-refractivity contribution in [3.05, 3.63) is 57.9 Å². The Labute approximate surface area is 137 Å². The Kier molecular flexibility index (Phi) is 5.12. The van der Waals surface area contributed by atoms with Crippen molar-refractivity contribution in [2.24, 2.45) is 0 Å². The molecule has 0 radical (unpaired) electrons. The molecule has 1 unspecified atom stereocenters. The first-order chi connectivity index (χ1) is 9.97. The molecule has 0 N–H and O–H groups in total. The minimum absolute atomic E-state index is 0.162. The van der Waals surface area contributed by atoms with Crippen molar-refractivity contribution in [3.8, 4) is 11.5 Å². The summed E-state index contributed by atoms with van der Waals surface area (Å²) in [5, 5.41) is 0.554. The highest BCUT2D eigenvalue weighted by atomic mass is 79.9. The molecule has 1 atom stereocenters. The van der Waals surface area contributed by atoms with Crippen LogP contribution >= 0.6 is 27.5 Å². The van der Waals surface area contributed by atoms with Gasteiger partial charge in [-0.15, -0.1) is 0 Å². The van der Waals surface area contributed by atoms with E-state index in [0.29, 0.717) is 16.5 Å². The Bertz CT molecular complexity index is 661. The highest BCUT2D eigenvalue weighted by molar-refractivity contribution is 9.09. The molecule has 0 heterocycles. The summed E-state index contributed by atoms with van der Waals surface area (Å²) in [6.45, 7) is 1.86. The van der Waals surface area contributed by atoms with Gasteiger partial charge >= 0.3 is 0 Å². The second-order valence-electron chi connectivity index (χ2n) is 4.59. The van der Waals surface area contributed by atoms with E-state index >= 15 is 0 Å². The van der Waals surface area contributed by atoms with Crippen molar-refractivity contribution in [1.29, 1.82) is 0 Å². The second kappa shape index (κ2) is 6.67. The molecule has 0 aromatic heterocycles. The van der Waals surface area contributed by atoms with Crippen LogP contribution in [0.4, 0.5) is 4.39 Å². The maximum absolute atomic E-state index is 13.2. The molecule has 0 aliphatic heterocycles. The monoisotopic (exact) mass is 372 g/mol. The van der Waals surface area contributed by atoms with E-state index in [9.17, 15) is 4.39 Å². The van der Waals surface area contributed by atoms with E-state index in [1.54, 1.807) is 26.4 Å². The number of rotatable bonds is 4. The van der Waals surface area contributed by atoms with Crippen LogP contribution in [0.15, 0.2) is 30.3 Å². The Hall–Kier alpha value is -1.26. The van der Waals surface area contributed by atoms with Gasteiger partial charge in [0.05, 0.1) is 19.0 Å². The number of methoxy groups -OCH3 is 2. The zero-order chi connectivity index (χ0) is 15.6. The average Bonchev–Trinajstić information content (AvgIpc) is 2.46. The van der Waals surface area contributed by atoms with E-state index in [2.05, 4.69) is 15.9 Å². The molecule has 2 aromatic rings. The molecule has 0 saturated carbocycles. The molecule has 112 valence electrons. The average molecular weight is 374 g/mol. The lowest BCUT2D eigenvalue weighted by Gasteiger charge is -2.17. The lowest BCUT2D eigenvalue weighted by molar-refractivity contribution is 0.354. The molecule has 0 spiro atoms. The van der Waals surface area contributed by atoms with E-state index in [1.807, 2.05) is 13.0 Å². The molecule has 0 aliphatic carbocycles. The summed E-state index contributed by atoms with van der Waals surface area (Å²) < 4.78 is 23.8. The fourth-order valence-electron chi connectivity index (χ4n) is 2.16. The van der Waals surface area contributed by atoms with Gasteiger partial charge in [0.25, 0.3) is 0 Å². The maximum Gasteiger partial charge on any atom is 0.162 e. The third kappa shape index (κ3) is 3.33. The van der Waals surface area contributed by atoms with Crippen LogP contribution in [0.25, 0.3) is 0 Å². The molecule has 0 fully saturated rings. The SMILES string of the molecule is COc1cc(Cl)c(C(Br)c2ccc(F)cc2C)cc1OC. The summed E-state index contributed by atoms with van der Waals surface area (Å²) in [5.74, 6) is 0.914. The molecule has 0 aliphatic rings. The predicted molar refractivity (Wildman–Crippen MR) is 86.5 cm³/mol. The lowest BCUT2D eigenvalue weighted by Crippen LogP contribution is -2.00. The van der Waals surface area contributed by atoms with E-state index in [0.717, 1.165) is 16.7 Å². The summed E-state index contributed by atoms with van der Waals surface area (Å²) in [5.41, 5.74) is 2.64. The molecular weight excluding hydrogens is 359 g/mol. The number of benzene rings is 2. The number of alkyl halides is 1. The van der Waals surface area contributed by atoms with E-state index in [-0.39, 0.29) is 10.6 Å². The highest BCUT2D eigenvalue weighted by Crippen LogP contribution is 2.42. The van der Waals surface area contributed by atoms with E-state index in [4.69, 9.17) is 21.1 Å². The standard InChI is InChI=1S/C16H15BrClFO2/c1-9-6-10(19)4-5-11(9)16(17)12-7-14(20-2)15(21-3)8-13(12)18/h4-8,16H,1-3H3. The molecule has 5 heteroatoms. The van der Waals surface area contributed by atoms with Gasteiger partial charge in [0.2, 0.25) is 0 Å². The highest BCUT2D eigenvalue weighted by Gasteiger charge is 2.19. The summed E-state index contributed by atoms with van der Waals surface area (Å²) in [6.07, 6.45) is 0. The molecule has 2 nitrogen and oxygen atoms in total. The fourth-order valence-corrected chi connectivity index (χ4v) is 3.44. The smallest absolute Gasteiger partial charge is 0.162 e. The third-order valence-corrected chi connectivity index (χ3v) is 4.59. The first kappa shape index (κ1) is 16.1.